The molecule has 0 aliphatic heterocycles. The van der Waals surface area contributed by atoms with Gasteiger partial charge in [-0.1, -0.05) is 19.1 Å². The Labute approximate surface area is 94.7 Å². The van der Waals surface area contributed by atoms with Gasteiger partial charge in [-0.15, -0.1) is 0 Å². The third kappa shape index (κ3) is 2.18. The predicted octanol–water partition coefficient (Wildman–Crippen LogP) is 2.61. The van der Waals surface area contributed by atoms with Crippen molar-refractivity contribution in [3.05, 3.63) is 29.8 Å². The topological polar surface area (TPSA) is 57.5 Å². The van der Waals surface area contributed by atoms with E-state index in [1.807, 2.05) is 12.1 Å². The minimum absolute atomic E-state index is 0.0816. The SMILES string of the molecule is C[C@H](C(=O)O)[C@@H](c1ccc(O)cc1)C1CC1. The van der Waals surface area contributed by atoms with E-state index in [0.717, 1.165) is 18.4 Å². The minimum atomic E-state index is -0.745. The molecule has 86 valence electrons. The molecule has 0 aromatic heterocycles. The first-order chi connectivity index (χ1) is 7.59. The second-order valence-electron chi connectivity index (χ2n) is 4.58. The zero-order valence-electron chi connectivity index (χ0n) is 9.26. The van der Waals surface area contributed by atoms with Gasteiger partial charge in [0, 0.05) is 0 Å². The number of hydrogen-bond acceptors (Lipinski definition) is 2. The molecule has 2 atom stereocenters. The molecule has 2 rings (SSSR count). The van der Waals surface area contributed by atoms with E-state index in [4.69, 9.17) is 5.11 Å². The first-order valence-corrected chi connectivity index (χ1v) is 5.61. The Morgan fingerprint density at radius 1 is 1.31 bits per heavy atom. The predicted molar refractivity (Wildman–Crippen MR) is 60.4 cm³/mol. The lowest BCUT2D eigenvalue weighted by Crippen LogP contribution is -2.20. The smallest absolute Gasteiger partial charge is 0.306 e. The van der Waals surface area contributed by atoms with E-state index in [1.54, 1.807) is 19.1 Å². The van der Waals surface area contributed by atoms with Crippen molar-refractivity contribution in [3.8, 4) is 5.75 Å². The number of aromatic hydroxyl groups is 1. The van der Waals surface area contributed by atoms with Gasteiger partial charge in [-0.2, -0.15) is 0 Å². The zero-order valence-corrected chi connectivity index (χ0v) is 9.26. The van der Waals surface area contributed by atoms with Crippen LogP contribution in [0.1, 0.15) is 31.2 Å². The number of carboxylic acid groups (broad SMARTS) is 1. The lowest BCUT2D eigenvalue weighted by Gasteiger charge is -2.21. The fraction of sp³-hybridized carbons (Fsp3) is 0.462. The van der Waals surface area contributed by atoms with Crippen LogP contribution in [-0.2, 0) is 4.79 Å². The molecule has 0 amide bonds. The van der Waals surface area contributed by atoms with Gasteiger partial charge in [0.1, 0.15) is 5.75 Å². The van der Waals surface area contributed by atoms with Crippen molar-refractivity contribution in [2.24, 2.45) is 11.8 Å². The van der Waals surface area contributed by atoms with Crippen molar-refractivity contribution >= 4 is 5.97 Å². The van der Waals surface area contributed by atoms with Crippen molar-refractivity contribution in [3.63, 3.8) is 0 Å². The molecule has 1 aromatic rings. The lowest BCUT2D eigenvalue weighted by molar-refractivity contribution is -0.142. The number of phenols is 1. The van der Waals surface area contributed by atoms with Crippen LogP contribution in [0.3, 0.4) is 0 Å². The molecule has 0 saturated heterocycles. The normalized spacial score (nSPS) is 19.1. The first kappa shape index (κ1) is 11.0. The maximum atomic E-state index is 11.1. The summed E-state index contributed by atoms with van der Waals surface area (Å²) in [6.45, 7) is 1.76. The number of hydrogen-bond donors (Lipinski definition) is 2. The Bertz CT molecular complexity index is 379. The average Bonchev–Trinajstić information content (AvgIpc) is 3.05. The maximum absolute atomic E-state index is 11.1. The summed E-state index contributed by atoms with van der Waals surface area (Å²) >= 11 is 0. The maximum Gasteiger partial charge on any atom is 0.306 e. The summed E-state index contributed by atoms with van der Waals surface area (Å²) in [5.74, 6) is -0.308. The fourth-order valence-corrected chi connectivity index (χ4v) is 2.27. The number of carbonyl (C=O) groups is 1. The van der Waals surface area contributed by atoms with Crippen LogP contribution in [0, 0.1) is 11.8 Å². The largest absolute Gasteiger partial charge is 0.508 e. The summed E-state index contributed by atoms with van der Waals surface area (Å²) in [7, 11) is 0. The van der Waals surface area contributed by atoms with Crippen molar-refractivity contribution in [1.29, 1.82) is 0 Å². The summed E-state index contributed by atoms with van der Waals surface area (Å²) in [5, 5.41) is 18.3. The van der Waals surface area contributed by atoms with E-state index in [2.05, 4.69) is 0 Å². The van der Waals surface area contributed by atoms with Gasteiger partial charge in [0.25, 0.3) is 0 Å². The molecule has 3 heteroatoms. The standard InChI is InChI=1S/C13H16O3/c1-8(13(15)16)12(9-2-3-9)10-4-6-11(14)7-5-10/h4-9,12,14H,2-3H2,1H3,(H,15,16)/t8-,12+/m0/s1. The third-order valence-electron chi connectivity index (χ3n) is 3.34. The van der Waals surface area contributed by atoms with Crippen LogP contribution >= 0.6 is 0 Å². The van der Waals surface area contributed by atoms with E-state index in [1.165, 1.54) is 0 Å². The van der Waals surface area contributed by atoms with Gasteiger partial charge in [0.05, 0.1) is 5.92 Å². The van der Waals surface area contributed by atoms with Gasteiger partial charge in [0.15, 0.2) is 0 Å². The molecule has 0 bridgehead atoms. The molecule has 0 radical (unpaired) electrons. The second kappa shape index (κ2) is 4.16. The highest BCUT2D eigenvalue weighted by atomic mass is 16.4. The number of aliphatic carboxylic acids is 1. The summed E-state index contributed by atoms with van der Waals surface area (Å²) in [4.78, 5) is 11.1. The number of benzene rings is 1. The average molecular weight is 220 g/mol. The molecule has 1 saturated carbocycles. The third-order valence-corrected chi connectivity index (χ3v) is 3.34. The molecule has 0 heterocycles. The van der Waals surface area contributed by atoms with Crippen LogP contribution in [0.2, 0.25) is 0 Å². The van der Waals surface area contributed by atoms with Crippen LogP contribution in [0.4, 0.5) is 0 Å². The molecular weight excluding hydrogens is 204 g/mol. The summed E-state index contributed by atoms with van der Waals surface area (Å²) < 4.78 is 0. The zero-order chi connectivity index (χ0) is 11.7. The van der Waals surface area contributed by atoms with Crippen LogP contribution in [0.5, 0.6) is 5.75 Å². The van der Waals surface area contributed by atoms with E-state index < -0.39 is 5.97 Å². The van der Waals surface area contributed by atoms with Crippen LogP contribution in [-0.4, -0.2) is 16.2 Å². The van der Waals surface area contributed by atoms with E-state index >= 15 is 0 Å². The van der Waals surface area contributed by atoms with E-state index in [-0.39, 0.29) is 17.6 Å². The number of rotatable bonds is 4. The molecule has 2 N–H and O–H groups in total. The molecule has 1 aromatic carbocycles. The molecule has 1 aliphatic carbocycles. The van der Waals surface area contributed by atoms with Gasteiger partial charge in [-0.05, 0) is 42.4 Å². The van der Waals surface area contributed by atoms with Crippen molar-refractivity contribution < 1.29 is 15.0 Å². The first-order valence-electron chi connectivity index (χ1n) is 5.61. The molecule has 3 nitrogen and oxygen atoms in total. The lowest BCUT2D eigenvalue weighted by atomic mass is 9.83. The van der Waals surface area contributed by atoms with E-state index in [9.17, 15) is 9.90 Å². The fourth-order valence-electron chi connectivity index (χ4n) is 2.27. The Hall–Kier alpha value is -1.51. The Kier molecular flexibility index (Phi) is 2.86. The quantitative estimate of drug-likeness (QED) is 0.820. The number of phenolic OH excluding ortho intramolecular Hbond substituents is 1. The van der Waals surface area contributed by atoms with Crippen LogP contribution < -0.4 is 0 Å². The highest BCUT2D eigenvalue weighted by Gasteiger charge is 2.38. The molecular formula is C13H16O3. The molecule has 0 spiro atoms. The van der Waals surface area contributed by atoms with Gasteiger partial charge >= 0.3 is 5.97 Å². The minimum Gasteiger partial charge on any atom is -0.508 e. The summed E-state index contributed by atoms with van der Waals surface area (Å²) in [6.07, 6.45) is 2.23. The molecule has 1 aliphatic rings. The second-order valence-corrected chi connectivity index (χ2v) is 4.58. The van der Waals surface area contributed by atoms with Crippen molar-refractivity contribution in [2.45, 2.75) is 25.7 Å². The van der Waals surface area contributed by atoms with E-state index in [0.29, 0.717) is 5.92 Å². The van der Waals surface area contributed by atoms with Crippen molar-refractivity contribution in [2.75, 3.05) is 0 Å². The number of carboxylic acids is 1. The highest BCUT2D eigenvalue weighted by Crippen LogP contribution is 2.46. The highest BCUT2D eigenvalue weighted by molar-refractivity contribution is 5.71. The van der Waals surface area contributed by atoms with Gasteiger partial charge in [-0.3, -0.25) is 4.79 Å². The van der Waals surface area contributed by atoms with Gasteiger partial charge < -0.3 is 10.2 Å². The Morgan fingerprint density at radius 3 is 2.31 bits per heavy atom. The summed E-state index contributed by atoms with van der Waals surface area (Å²) in [5.41, 5.74) is 1.02. The Morgan fingerprint density at radius 2 is 1.88 bits per heavy atom. The summed E-state index contributed by atoms with van der Waals surface area (Å²) in [6, 6.07) is 6.91. The monoisotopic (exact) mass is 220 g/mol. The molecule has 0 unspecified atom stereocenters. The molecule has 1 fully saturated rings. The Balaban J connectivity index is 2.25. The van der Waals surface area contributed by atoms with Gasteiger partial charge in [-0.25, -0.2) is 0 Å². The molecule has 16 heavy (non-hydrogen) atoms. The van der Waals surface area contributed by atoms with Crippen LogP contribution in [0.15, 0.2) is 24.3 Å². The van der Waals surface area contributed by atoms with Crippen molar-refractivity contribution in [1.82, 2.24) is 0 Å². The van der Waals surface area contributed by atoms with Gasteiger partial charge in [0.2, 0.25) is 0 Å². The van der Waals surface area contributed by atoms with Crippen LogP contribution in [0.25, 0.3) is 0 Å².